The summed E-state index contributed by atoms with van der Waals surface area (Å²) in [6.07, 6.45) is 8.70. The number of carbonyl (C=O) groups excluding carboxylic acids is 1. The highest BCUT2D eigenvalue weighted by molar-refractivity contribution is 5.94. The third-order valence-electron chi connectivity index (χ3n) is 5.26. The number of nitrogens with one attached hydrogen (secondary N) is 1. The zero-order valence-corrected chi connectivity index (χ0v) is 13.1. The molecule has 0 saturated heterocycles. The minimum atomic E-state index is 0.0119. The summed E-state index contributed by atoms with van der Waals surface area (Å²) in [5.41, 5.74) is 1.65. The molecule has 2 atom stereocenters. The van der Waals surface area contributed by atoms with Crippen molar-refractivity contribution in [1.82, 2.24) is 5.32 Å². The molecule has 1 amide bonds. The number of hydrogen-bond acceptors (Lipinski definition) is 2. The van der Waals surface area contributed by atoms with Gasteiger partial charge in [-0.2, -0.15) is 5.26 Å². The van der Waals surface area contributed by atoms with Gasteiger partial charge in [0.25, 0.3) is 5.91 Å². The maximum Gasteiger partial charge on any atom is 0.251 e. The minimum Gasteiger partial charge on any atom is -0.352 e. The SMILES string of the molecule is N#CCc1ccc(C(=O)NC[C@@H]2C[C@H]2C2CCCCC2)cc1. The number of hydrogen-bond donors (Lipinski definition) is 1. The molecule has 2 saturated carbocycles. The summed E-state index contributed by atoms with van der Waals surface area (Å²) < 4.78 is 0. The Kier molecular flexibility index (Phi) is 4.77. The molecule has 2 aliphatic carbocycles. The van der Waals surface area contributed by atoms with Crippen molar-refractivity contribution in [2.75, 3.05) is 6.54 Å². The molecule has 0 aromatic heterocycles. The lowest BCUT2D eigenvalue weighted by molar-refractivity contribution is 0.0950. The first kappa shape index (κ1) is 15.1. The topological polar surface area (TPSA) is 52.9 Å². The summed E-state index contributed by atoms with van der Waals surface area (Å²) >= 11 is 0. The van der Waals surface area contributed by atoms with Gasteiger partial charge in [0.15, 0.2) is 0 Å². The van der Waals surface area contributed by atoms with Crippen LogP contribution in [0.4, 0.5) is 0 Å². The lowest BCUT2D eigenvalue weighted by Gasteiger charge is -2.21. The van der Waals surface area contributed by atoms with Crippen molar-refractivity contribution in [3.05, 3.63) is 35.4 Å². The summed E-state index contributed by atoms with van der Waals surface area (Å²) in [7, 11) is 0. The lowest BCUT2D eigenvalue weighted by Crippen LogP contribution is -2.26. The Morgan fingerprint density at radius 2 is 1.91 bits per heavy atom. The van der Waals surface area contributed by atoms with Crippen LogP contribution in [0.15, 0.2) is 24.3 Å². The van der Waals surface area contributed by atoms with Crippen molar-refractivity contribution in [2.45, 2.75) is 44.9 Å². The molecule has 1 aromatic rings. The first-order valence-electron chi connectivity index (χ1n) is 8.52. The monoisotopic (exact) mass is 296 g/mol. The third kappa shape index (κ3) is 3.68. The summed E-state index contributed by atoms with van der Waals surface area (Å²) in [4.78, 5) is 12.2. The largest absolute Gasteiger partial charge is 0.352 e. The van der Waals surface area contributed by atoms with Crippen LogP contribution < -0.4 is 5.32 Å². The van der Waals surface area contributed by atoms with Crippen molar-refractivity contribution in [1.29, 1.82) is 5.26 Å². The van der Waals surface area contributed by atoms with Crippen LogP contribution in [0, 0.1) is 29.1 Å². The van der Waals surface area contributed by atoms with E-state index in [0.29, 0.717) is 17.9 Å². The van der Waals surface area contributed by atoms with Gasteiger partial charge >= 0.3 is 0 Å². The van der Waals surface area contributed by atoms with Crippen molar-refractivity contribution in [3.63, 3.8) is 0 Å². The molecule has 3 nitrogen and oxygen atoms in total. The Balaban J connectivity index is 1.44. The normalized spacial score (nSPS) is 24.5. The Labute approximate surface area is 132 Å². The maximum atomic E-state index is 12.2. The van der Waals surface area contributed by atoms with E-state index in [0.717, 1.165) is 23.9 Å². The highest BCUT2D eigenvalue weighted by Gasteiger charge is 2.42. The van der Waals surface area contributed by atoms with Gasteiger partial charge in [-0.1, -0.05) is 44.2 Å². The molecular formula is C19H24N2O. The van der Waals surface area contributed by atoms with E-state index in [9.17, 15) is 4.79 Å². The smallest absolute Gasteiger partial charge is 0.251 e. The van der Waals surface area contributed by atoms with Gasteiger partial charge in [-0.05, 0) is 41.9 Å². The zero-order valence-electron chi connectivity index (χ0n) is 13.1. The Hall–Kier alpha value is -1.82. The molecule has 1 aromatic carbocycles. The zero-order chi connectivity index (χ0) is 15.4. The molecule has 3 rings (SSSR count). The van der Waals surface area contributed by atoms with Gasteiger partial charge in [0.05, 0.1) is 12.5 Å². The molecule has 0 radical (unpaired) electrons. The van der Waals surface area contributed by atoms with Crippen LogP contribution in [0.25, 0.3) is 0 Å². The third-order valence-corrected chi connectivity index (χ3v) is 5.26. The fourth-order valence-corrected chi connectivity index (χ4v) is 3.84. The molecule has 0 heterocycles. The molecule has 2 fully saturated rings. The highest BCUT2D eigenvalue weighted by atomic mass is 16.1. The second-order valence-electron chi connectivity index (χ2n) is 6.80. The number of nitriles is 1. The van der Waals surface area contributed by atoms with E-state index in [1.54, 1.807) is 0 Å². The average Bonchev–Trinajstić information content (AvgIpc) is 3.34. The van der Waals surface area contributed by atoms with Crippen molar-refractivity contribution in [3.8, 4) is 6.07 Å². The molecule has 0 aliphatic heterocycles. The maximum absolute atomic E-state index is 12.2. The lowest BCUT2D eigenvalue weighted by atomic mass is 9.85. The fraction of sp³-hybridized carbons (Fsp3) is 0.579. The van der Waals surface area contributed by atoms with Crippen LogP contribution in [0.1, 0.15) is 54.4 Å². The van der Waals surface area contributed by atoms with Crippen LogP contribution in [0.2, 0.25) is 0 Å². The summed E-state index contributed by atoms with van der Waals surface area (Å²) in [6, 6.07) is 9.46. The molecule has 116 valence electrons. The Bertz CT molecular complexity index is 552. The molecule has 2 aliphatic rings. The van der Waals surface area contributed by atoms with Crippen molar-refractivity contribution >= 4 is 5.91 Å². The second-order valence-corrected chi connectivity index (χ2v) is 6.80. The Morgan fingerprint density at radius 1 is 1.18 bits per heavy atom. The predicted octanol–water partition coefficient (Wildman–Crippen LogP) is 3.70. The summed E-state index contributed by atoms with van der Waals surface area (Å²) in [5, 5.41) is 11.7. The molecule has 0 bridgehead atoms. The van der Waals surface area contributed by atoms with E-state index in [2.05, 4.69) is 11.4 Å². The van der Waals surface area contributed by atoms with Gasteiger partial charge in [0.1, 0.15) is 0 Å². The van der Waals surface area contributed by atoms with E-state index in [-0.39, 0.29) is 5.91 Å². The van der Waals surface area contributed by atoms with Crippen LogP contribution in [0.5, 0.6) is 0 Å². The number of nitrogens with zero attached hydrogens (tertiary/aromatic N) is 1. The molecule has 0 spiro atoms. The van der Waals surface area contributed by atoms with E-state index in [1.807, 2.05) is 24.3 Å². The summed E-state index contributed by atoms with van der Waals surface area (Å²) in [6.45, 7) is 0.819. The van der Waals surface area contributed by atoms with Gasteiger partial charge in [0, 0.05) is 12.1 Å². The van der Waals surface area contributed by atoms with E-state index in [4.69, 9.17) is 5.26 Å². The number of amides is 1. The first-order valence-corrected chi connectivity index (χ1v) is 8.52. The second kappa shape index (κ2) is 6.96. The number of carbonyl (C=O) groups is 1. The first-order chi connectivity index (χ1) is 10.8. The Morgan fingerprint density at radius 3 is 2.59 bits per heavy atom. The van der Waals surface area contributed by atoms with Crippen molar-refractivity contribution < 1.29 is 4.79 Å². The van der Waals surface area contributed by atoms with Gasteiger partial charge in [-0.15, -0.1) is 0 Å². The van der Waals surface area contributed by atoms with Crippen LogP contribution in [-0.4, -0.2) is 12.5 Å². The molecule has 3 heteroatoms. The van der Waals surface area contributed by atoms with Gasteiger partial charge in [-0.3, -0.25) is 4.79 Å². The summed E-state index contributed by atoms with van der Waals surface area (Å²) in [5.74, 6) is 2.49. The number of benzene rings is 1. The predicted molar refractivity (Wildman–Crippen MR) is 86.3 cm³/mol. The van der Waals surface area contributed by atoms with Gasteiger partial charge in [-0.25, -0.2) is 0 Å². The molecule has 0 unspecified atom stereocenters. The van der Waals surface area contributed by atoms with Gasteiger partial charge < -0.3 is 5.32 Å². The van der Waals surface area contributed by atoms with E-state index < -0.39 is 0 Å². The van der Waals surface area contributed by atoms with Crippen molar-refractivity contribution in [2.24, 2.45) is 17.8 Å². The molecule has 22 heavy (non-hydrogen) atoms. The number of rotatable bonds is 5. The van der Waals surface area contributed by atoms with Crippen LogP contribution in [0.3, 0.4) is 0 Å². The molecular weight excluding hydrogens is 272 g/mol. The van der Waals surface area contributed by atoms with E-state index >= 15 is 0 Å². The molecule has 1 N–H and O–H groups in total. The highest BCUT2D eigenvalue weighted by Crippen LogP contribution is 2.48. The average molecular weight is 296 g/mol. The quantitative estimate of drug-likeness (QED) is 0.900. The standard InChI is InChI=1S/C19H24N2O/c20-11-10-14-6-8-16(9-7-14)19(22)21-13-17-12-18(17)15-4-2-1-3-5-15/h6-9,15,17-18H,1-5,10,12-13H2,(H,21,22)/t17-,18-/m0/s1. The minimum absolute atomic E-state index is 0.0119. The van der Waals surface area contributed by atoms with Gasteiger partial charge in [0.2, 0.25) is 0 Å². The fourth-order valence-electron chi connectivity index (χ4n) is 3.84. The van der Waals surface area contributed by atoms with E-state index in [1.165, 1.54) is 38.5 Å². The van der Waals surface area contributed by atoms with Crippen LogP contribution >= 0.6 is 0 Å². The van der Waals surface area contributed by atoms with Crippen LogP contribution in [-0.2, 0) is 6.42 Å².